The fourth-order valence-electron chi connectivity index (χ4n) is 2.81. The van der Waals surface area contributed by atoms with Gasteiger partial charge in [0.05, 0.1) is 11.0 Å². The second-order valence-electron chi connectivity index (χ2n) is 5.87. The standard InChI is InChI=1S/C16H21NO3S/c1-13-6-7-17(8-9-21(13,18)19)11-14-10-15-4-2-3-5-16(15)20-12-14/h2-5,10,13H,6-9,11-12H2,1H3/t13-/m0/s1. The van der Waals surface area contributed by atoms with Crippen LogP contribution in [0.15, 0.2) is 29.8 Å². The largest absolute Gasteiger partial charge is 0.489 e. The molecule has 0 saturated carbocycles. The zero-order chi connectivity index (χ0) is 14.9. The summed E-state index contributed by atoms with van der Waals surface area (Å²) < 4.78 is 29.6. The van der Waals surface area contributed by atoms with Gasteiger partial charge in [0.1, 0.15) is 12.4 Å². The second-order valence-corrected chi connectivity index (χ2v) is 8.41. The van der Waals surface area contributed by atoms with Gasteiger partial charge in [-0.2, -0.15) is 0 Å². The quantitative estimate of drug-likeness (QED) is 0.838. The summed E-state index contributed by atoms with van der Waals surface area (Å²) in [6, 6.07) is 7.99. The summed E-state index contributed by atoms with van der Waals surface area (Å²) >= 11 is 0. The first-order chi connectivity index (χ1) is 10.0. The summed E-state index contributed by atoms with van der Waals surface area (Å²) in [7, 11) is -2.91. The molecule has 1 aromatic rings. The van der Waals surface area contributed by atoms with E-state index >= 15 is 0 Å². The van der Waals surface area contributed by atoms with Crippen LogP contribution in [0.2, 0.25) is 0 Å². The predicted octanol–water partition coefficient (Wildman–Crippen LogP) is 1.97. The molecule has 0 unspecified atom stereocenters. The topological polar surface area (TPSA) is 46.6 Å². The van der Waals surface area contributed by atoms with Crippen LogP contribution in [0.1, 0.15) is 18.9 Å². The van der Waals surface area contributed by atoms with Gasteiger partial charge in [0, 0.05) is 18.7 Å². The van der Waals surface area contributed by atoms with Crippen molar-refractivity contribution < 1.29 is 13.2 Å². The highest BCUT2D eigenvalue weighted by molar-refractivity contribution is 7.92. The molecule has 4 nitrogen and oxygen atoms in total. The van der Waals surface area contributed by atoms with Crippen molar-refractivity contribution in [2.24, 2.45) is 0 Å². The van der Waals surface area contributed by atoms with Gasteiger partial charge in [0.25, 0.3) is 0 Å². The highest BCUT2D eigenvalue weighted by Gasteiger charge is 2.26. The summed E-state index contributed by atoms with van der Waals surface area (Å²) in [4.78, 5) is 2.23. The zero-order valence-corrected chi connectivity index (χ0v) is 13.1. The van der Waals surface area contributed by atoms with E-state index < -0.39 is 9.84 Å². The van der Waals surface area contributed by atoms with Gasteiger partial charge in [0.15, 0.2) is 9.84 Å². The van der Waals surface area contributed by atoms with E-state index in [1.54, 1.807) is 0 Å². The van der Waals surface area contributed by atoms with Crippen LogP contribution in [-0.4, -0.2) is 50.6 Å². The van der Waals surface area contributed by atoms with Crippen LogP contribution in [0, 0.1) is 0 Å². The summed E-state index contributed by atoms with van der Waals surface area (Å²) in [6.45, 7) is 4.65. The molecular weight excluding hydrogens is 286 g/mol. The maximum Gasteiger partial charge on any atom is 0.154 e. The number of hydrogen-bond acceptors (Lipinski definition) is 4. The number of hydrogen-bond donors (Lipinski definition) is 0. The Hall–Kier alpha value is -1.33. The Kier molecular flexibility index (Phi) is 4.04. The average Bonchev–Trinajstić information content (AvgIpc) is 2.60. The molecule has 0 aromatic heterocycles. The molecule has 0 radical (unpaired) electrons. The van der Waals surface area contributed by atoms with E-state index in [-0.39, 0.29) is 11.0 Å². The van der Waals surface area contributed by atoms with E-state index in [0.29, 0.717) is 19.6 Å². The van der Waals surface area contributed by atoms with Gasteiger partial charge in [-0.15, -0.1) is 0 Å². The first-order valence-electron chi connectivity index (χ1n) is 7.40. The molecule has 0 aliphatic carbocycles. The molecule has 3 rings (SSSR count). The Morgan fingerprint density at radius 1 is 1.29 bits per heavy atom. The number of ether oxygens (including phenoxy) is 1. The summed E-state index contributed by atoms with van der Waals surface area (Å²) in [6.07, 6.45) is 2.88. The Morgan fingerprint density at radius 2 is 2.10 bits per heavy atom. The molecule has 1 saturated heterocycles. The molecule has 5 heteroatoms. The Labute approximate surface area is 126 Å². The van der Waals surface area contributed by atoms with Crippen LogP contribution >= 0.6 is 0 Å². The fourth-order valence-corrected chi connectivity index (χ4v) is 4.19. The zero-order valence-electron chi connectivity index (χ0n) is 12.3. The molecule has 2 aliphatic heterocycles. The van der Waals surface area contributed by atoms with Gasteiger partial charge in [-0.05, 0) is 37.6 Å². The third-order valence-electron chi connectivity index (χ3n) is 4.28. The smallest absolute Gasteiger partial charge is 0.154 e. The number of rotatable bonds is 2. The minimum absolute atomic E-state index is 0.222. The fraction of sp³-hybridized carbons (Fsp3) is 0.500. The van der Waals surface area contributed by atoms with Gasteiger partial charge < -0.3 is 4.74 Å². The van der Waals surface area contributed by atoms with Gasteiger partial charge in [-0.3, -0.25) is 4.90 Å². The lowest BCUT2D eigenvalue weighted by Crippen LogP contribution is -2.31. The van der Waals surface area contributed by atoms with Crippen molar-refractivity contribution in [1.82, 2.24) is 4.90 Å². The molecule has 0 N–H and O–H groups in total. The van der Waals surface area contributed by atoms with E-state index in [1.165, 1.54) is 5.57 Å². The highest BCUT2D eigenvalue weighted by atomic mass is 32.2. The Morgan fingerprint density at radius 3 is 2.95 bits per heavy atom. The Bertz CT molecular complexity index is 651. The number of sulfone groups is 1. The molecule has 1 fully saturated rings. The Balaban J connectivity index is 1.69. The molecule has 114 valence electrons. The lowest BCUT2D eigenvalue weighted by atomic mass is 10.1. The van der Waals surface area contributed by atoms with Crippen molar-refractivity contribution in [2.75, 3.05) is 32.0 Å². The van der Waals surface area contributed by atoms with Gasteiger partial charge in [0.2, 0.25) is 0 Å². The number of para-hydroxylation sites is 1. The molecule has 2 heterocycles. The van der Waals surface area contributed by atoms with Crippen LogP contribution in [-0.2, 0) is 9.84 Å². The molecule has 0 amide bonds. The molecule has 2 aliphatic rings. The van der Waals surface area contributed by atoms with Crippen molar-refractivity contribution in [3.8, 4) is 5.75 Å². The second kappa shape index (κ2) is 5.81. The number of fused-ring (bicyclic) bond motifs is 1. The van der Waals surface area contributed by atoms with E-state index in [0.717, 1.165) is 24.4 Å². The van der Waals surface area contributed by atoms with Crippen molar-refractivity contribution in [1.29, 1.82) is 0 Å². The minimum atomic E-state index is -2.91. The minimum Gasteiger partial charge on any atom is -0.489 e. The van der Waals surface area contributed by atoms with Gasteiger partial charge in [-0.1, -0.05) is 18.2 Å². The van der Waals surface area contributed by atoms with Crippen molar-refractivity contribution >= 4 is 15.9 Å². The molecule has 1 atom stereocenters. The third kappa shape index (κ3) is 3.30. The number of benzene rings is 1. The summed E-state index contributed by atoms with van der Waals surface area (Å²) in [5.74, 6) is 1.19. The van der Waals surface area contributed by atoms with Crippen LogP contribution in [0.3, 0.4) is 0 Å². The molecule has 1 aromatic carbocycles. The monoisotopic (exact) mass is 307 g/mol. The normalized spacial score (nSPS) is 25.4. The van der Waals surface area contributed by atoms with Gasteiger partial charge >= 0.3 is 0 Å². The number of nitrogens with zero attached hydrogens (tertiary/aromatic N) is 1. The molecular formula is C16H21NO3S. The van der Waals surface area contributed by atoms with Crippen LogP contribution in [0.5, 0.6) is 5.75 Å². The molecule has 0 bridgehead atoms. The van der Waals surface area contributed by atoms with Crippen LogP contribution < -0.4 is 4.74 Å². The lowest BCUT2D eigenvalue weighted by Gasteiger charge is -2.24. The van der Waals surface area contributed by atoms with E-state index in [4.69, 9.17) is 4.74 Å². The first-order valence-corrected chi connectivity index (χ1v) is 9.11. The van der Waals surface area contributed by atoms with E-state index in [1.807, 2.05) is 31.2 Å². The lowest BCUT2D eigenvalue weighted by molar-refractivity contribution is 0.285. The SMILES string of the molecule is C[C@H]1CCN(CC2=Cc3ccccc3OC2)CCS1(=O)=O. The molecule has 0 spiro atoms. The summed E-state index contributed by atoms with van der Waals surface area (Å²) in [5.41, 5.74) is 2.32. The van der Waals surface area contributed by atoms with Crippen molar-refractivity contribution in [2.45, 2.75) is 18.6 Å². The van der Waals surface area contributed by atoms with Gasteiger partial charge in [-0.25, -0.2) is 8.42 Å². The van der Waals surface area contributed by atoms with Crippen LogP contribution in [0.4, 0.5) is 0 Å². The van der Waals surface area contributed by atoms with Crippen LogP contribution in [0.25, 0.3) is 6.08 Å². The van der Waals surface area contributed by atoms with Crippen molar-refractivity contribution in [3.05, 3.63) is 35.4 Å². The highest BCUT2D eigenvalue weighted by Crippen LogP contribution is 2.26. The predicted molar refractivity (Wildman–Crippen MR) is 84.2 cm³/mol. The average molecular weight is 307 g/mol. The third-order valence-corrected chi connectivity index (χ3v) is 6.49. The van der Waals surface area contributed by atoms with Crippen molar-refractivity contribution in [3.63, 3.8) is 0 Å². The van der Waals surface area contributed by atoms with E-state index in [2.05, 4.69) is 11.0 Å². The maximum absolute atomic E-state index is 11.9. The first kappa shape index (κ1) is 14.6. The maximum atomic E-state index is 11.9. The summed E-state index contributed by atoms with van der Waals surface area (Å²) in [5, 5.41) is -0.222. The molecule has 21 heavy (non-hydrogen) atoms. The van der Waals surface area contributed by atoms with E-state index in [9.17, 15) is 8.42 Å².